The van der Waals surface area contributed by atoms with E-state index in [4.69, 9.17) is 4.18 Å². The van der Waals surface area contributed by atoms with Crippen molar-refractivity contribution in [2.45, 2.75) is 24.2 Å². The maximum atomic E-state index is 13.0. The van der Waals surface area contributed by atoms with Crippen LogP contribution in [0.1, 0.15) is 39.3 Å². The number of ketones is 1. The van der Waals surface area contributed by atoms with Crippen LogP contribution in [0.5, 0.6) is 5.75 Å². The Kier molecular flexibility index (Phi) is 4.27. The zero-order valence-electron chi connectivity index (χ0n) is 14.0. The van der Waals surface area contributed by atoms with E-state index in [9.17, 15) is 23.3 Å². The molecule has 1 aliphatic rings. The fraction of sp³-hybridized carbons (Fsp3) is 0.158. The third-order valence-corrected chi connectivity index (χ3v) is 5.52. The minimum absolute atomic E-state index is 0.0529. The predicted molar refractivity (Wildman–Crippen MR) is 96.0 cm³/mol. The number of carboxylic acids is 1. The Labute approximate surface area is 155 Å². The molecule has 0 saturated carbocycles. The van der Waals surface area contributed by atoms with Crippen LogP contribution in [0.15, 0.2) is 41.3 Å². The summed E-state index contributed by atoms with van der Waals surface area (Å²) < 4.78 is 31.0. The van der Waals surface area contributed by atoms with Crippen LogP contribution in [-0.2, 0) is 17.5 Å². The first-order valence-corrected chi connectivity index (χ1v) is 9.33. The Morgan fingerprint density at radius 3 is 2.59 bits per heavy atom. The quantitative estimate of drug-likeness (QED) is 0.713. The van der Waals surface area contributed by atoms with Gasteiger partial charge in [-0.15, -0.1) is 0 Å². The van der Waals surface area contributed by atoms with Crippen LogP contribution >= 0.6 is 0 Å². The molecule has 1 atom stereocenters. The highest BCUT2D eigenvalue weighted by molar-refractivity contribution is 7.80. The van der Waals surface area contributed by atoms with E-state index >= 15 is 0 Å². The van der Waals surface area contributed by atoms with Gasteiger partial charge in [0.1, 0.15) is 5.82 Å². The summed E-state index contributed by atoms with van der Waals surface area (Å²) in [4.78, 5) is 27.1. The number of aromatic nitrogens is 1. The number of carboxylic acid groups (broad SMARTS) is 1. The largest absolute Gasteiger partial charge is 0.478 e. The number of carbonyl (C=O) groups excluding carboxylic acids is 1. The standard InChI is InChI=1S/C19H14FNO5S/c20-10-4-6-11(7-5-10)27(25)26-15-9-8-13(19(23)24)16-12-2-1-3-14(22)17(12)21-18(15)16/h4-9,21H,1-3H2,(H,23,24). The average molecular weight is 387 g/mol. The van der Waals surface area contributed by atoms with E-state index in [1.165, 1.54) is 36.4 Å². The fourth-order valence-electron chi connectivity index (χ4n) is 3.31. The minimum atomic E-state index is -1.93. The molecule has 3 aromatic rings. The number of hydrogen-bond donors (Lipinski definition) is 2. The number of aromatic amines is 1. The Morgan fingerprint density at radius 2 is 1.89 bits per heavy atom. The molecule has 0 spiro atoms. The molecule has 0 saturated heterocycles. The van der Waals surface area contributed by atoms with E-state index in [-0.39, 0.29) is 22.0 Å². The lowest BCUT2D eigenvalue weighted by atomic mass is 9.93. The van der Waals surface area contributed by atoms with E-state index in [0.29, 0.717) is 41.4 Å². The van der Waals surface area contributed by atoms with Crippen LogP contribution < -0.4 is 4.18 Å². The van der Waals surface area contributed by atoms with Crippen molar-refractivity contribution in [3.63, 3.8) is 0 Å². The van der Waals surface area contributed by atoms with Gasteiger partial charge < -0.3 is 14.3 Å². The van der Waals surface area contributed by atoms with Gasteiger partial charge in [0.25, 0.3) is 0 Å². The van der Waals surface area contributed by atoms with Gasteiger partial charge in [-0.1, -0.05) is 0 Å². The molecular weight excluding hydrogens is 373 g/mol. The average Bonchev–Trinajstić information content (AvgIpc) is 3.04. The van der Waals surface area contributed by atoms with Crippen LogP contribution in [0.3, 0.4) is 0 Å². The van der Waals surface area contributed by atoms with Gasteiger partial charge in [0.05, 0.1) is 21.7 Å². The zero-order valence-corrected chi connectivity index (χ0v) is 14.8. The van der Waals surface area contributed by atoms with Crippen LogP contribution in [0.4, 0.5) is 4.39 Å². The highest BCUT2D eigenvalue weighted by Crippen LogP contribution is 2.37. The van der Waals surface area contributed by atoms with Crippen molar-refractivity contribution in [1.82, 2.24) is 4.98 Å². The second-order valence-electron chi connectivity index (χ2n) is 6.19. The van der Waals surface area contributed by atoms with Gasteiger partial charge in [0, 0.05) is 11.8 Å². The molecule has 1 aliphatic carbocycles. The molecule has 138 valence electrons. The molecule has 4 rings (SSSR count). The molecule has 27 heavy (non-hydrogen) atoms. The van der Waals surface area contributed by atoms with Crippen molar-refractivity contribution in [2.24, 2.45) is 0 Å². The molecule has 1 unspecified atom stereocenters. The maximum Gasteiger partial charge on any atom is 0.336 e. The van der Waals surface area contributed by atoms with Crippen LogP contribution in [0.2, 0.25) is 0 Å². The number of halogens is 1. The highest BCUT2D eigenvalue weighted by Gasteiger charge is 2.27. The SMILES string of the molecule is O=C1CCCc2c1[nH]c1c(OS(=O)c3ccc(F)cc3)ccc(C(=O)O)c21. The molecule has 0 amide bonds. The number of rotatable bonds is 4. The number of fused-ring (bicyclic) bond motifs is 3. The van der Waals surface area contributed by atoms with E-state index in [1.807, 2.05) is 0 Å². The maximum absolute atomic E-state index is 13.0. The molecule has 1 heterocycles. The summed E-state index contributed by atoms with van der Waals surface area (Å²) in [5.74, 6) is -1.50. The molecule has 0 fully saturated rings. The van der Waals surface area contributed by atoms with Crippen molar-refractivity contribution >= 4 is 33.7 Å². The number of hydrogen-bond acceptors (Lipinski definition) is 4. The van der Waals surface area contributed by atoms with E-state index < -0.39 is 22.9 Å². The first kappa shape index (κ1) is 17.4. The Morgan fingerprint density at radius 1 is 1.15 bits per heavy atom. The first-order chi connectivity index (χ1) is 13.0. The molecule has 0 radical (unpaired) electrons. The Bertz CT molecular complexity index is 1100. The zero-order chi connectivity index (χ0) is 19.1. The fourth-order valence-corrected chi connectivity index (χ4v) is 4.06. The number of aryl methyl sites for hydroxylation is 1. The number of nitrogens with one attached hydrogen (secondary N) is 1. The molecule has 8 heteroatoms. The Hall–Kier alpha value is -3.00. The first-order valence-electron chi connectivity index (χ1n) is 8.25. The van der Waals surface area contributed by atoms with Gasteiger partial charge in [-0.25, -0.2) is 13.4 Å². The lowest BCUT2D eigenvalue weighted by molar-refractivity contribution is 0.0698. The number of carbonyl (C=O) groups is 2. The van der Waals surface area contributed by atoms with Gasteiger partial charge in [-0.05, 0) is 54.8 Å². The van der Waals surface area contributed by atoms with Crippen molar-refractivity contribution in [2.75, 3.05) is 0 Å². The smallest absolute Gasteiger partial charge is 0.336 e. The monoisotopic (exact) mass is 387 g/mol. The summed E-state index contributed by atoms with van der Waals surface area (Å²) in [6, 6.07) is 7.81. The number of aromatic carboxylic acids is 1. The summed E-state index contributed by atoms with van der Waals surface area (Å²) in [6.07, 6.45) is 1.61. The van der Waals surface area contributed by atoms with Gasteiger partial charge in [-0.2, -0.15) is 0 Å². The van der Waals surface area contributed by atoms with Gasteiger partial charge in [0.2, 0.25) is 11.1 Å². The number of Topliss-reactive ketones (excluding diaryl/α,β-unsaturated/α-hetero) is 1. The lowest BCUT2D eigenvalue weighted by Gasteiger charge is -2.11. The molecule has 6 nitrogen and oxygen atoms in total. The lowest BCUT2D eigenvalue weighted by Crippen LogP contribution is -2.10. The van der Waals surface area contributed by atoms with Crippen molar-refractivity contribution in [3.05, 3.63) is 59.0 Å². The topological polar surface area (TPSA) is 96.5 Å². The third-order valence-electron chi connectivity index (χ3n) is 4.53. The third kappa shape index (κ3) is 3.02. The summed E-state index contributed by atoms with van der Waals surface area (Å²) >= 11 is -1.93. The summed E-state index contributed by atoms with van der Waals surface area (Å²) in [6.45, 7) is 0. The van der Waals surface area contributed by atoms with E-state index in [2.05, 4.69) is 4.98 Å². The number of H-pyrrole nitrogens is 1. The second-order valence-corrected chi connectivity index (χ2v) is 7.30. The molecule has 0 bridgehead atoms. The van der Waals surface area contributed by atoms with Crippen LogP contribution in [-0.4, -0.2) is 26.1 Å². The van der Waals surface area contributed by atoms with Crippen molar-refractivity contribution in [3.8, 4) is 5.75 Å². The van der Waals surface area contributed by atoms with Gasteiger partial charge in [0.15, 0.2) is 11.5 Å². The molecule has 1 aromatic heterocycles. The minimum Gasteiger partial charge on any atom is -0.478 e. The van der Waals surface area contributed by atoms with Gasteiger partial charge in [-0.3, -0.25) is 4.79 Å². The molecule has 2 aromatic carbocycles. The molecule has 2 N–H and O–H groups in total. The highest BCUT2D eigenvalue weighted by atomic mass is 32.2. The van der Waals surface area contributed by atoms with Crippen LogP contribution in [0, 0.1) is 5.82 Å². The van der Waals surface area contributed by atoms with E-state index in [0.717, 1.165) is 0 Å². The van der Waals surface area contributed by atoms with E-state index in [1.54, 1.807) is 0 Å². The second kappa shape index (κ2) is 6.62. The van der Waals surface area contributed by atoms with Crippen molar-refractivity contribution in [1.29, 1.82) is 0 Å². The predicted octanol–water partition coefficient (Wildman–Crippen LogP) is 3.63. The van der Waals surface area contributed by atoms with Crippen molar-refractivity contribution < 1.29 is 27.5 Å². The summed E-state index contributed by atoms with van der Waals surface area (Å²) in [7, 11) is 0. The molecular formula is C19H14FNO5S. The summed E-state index contributed by atoms with van der Waals surface area (Å²) in [5, 5.41) is 9.91. The van der Waals surface area contributed by atoms with Gasteiger partial charge >= 0.3 is 5.97 Å². The normalized spacial score (nSPS) is 14.8. The van der Waals surface area contributed by atoms with Crippen LogP contribution in [0.25, 0.3) is 10.9 Å². The summed E-state index contributed by atoms with van der Waals surface area (Å²) in [5.41, 5.74) is 1.40. The molecule has 0 aliphatic heterocycles. The Balaban J connectivity index is 1.83. The number of benzene rings is 2.